The van der Waals surface area contributed by atoms with E-state index in [1.54, 1.807) is 24.0 Å². The summed E-state index contributed by atoms with van der Waals surface area (Å²) < 4.78 is 16.5. The van der Waals surface area contributed by atoms with Crippen LogP contribution >= 0.6 is 0 Å². The van der Waals surface area contributed by atoms with Crippen molar-refractivity contribution in [1.29, 1.82) is 0 Å². The predicted molar refractivity (Wildman–Crippen MR) is 90.7 cm³/mol. The molecule has 3 rings (SSSR count). The van der Waals surface area contributed by atoms with Crippen molar-refractivity contribution in [2.75, 3.05) is 20.2 Å². The first-order valence-electron chi connectivity index (χ1n) is 8.20. The lowest BCUT2D eigenvalue weighted by Gasteiger charge is -2.21. The molecule has 0 unspecified atom stereocenters. The van der Waals surface area contributed by atoms with Crippen molar-refractivity contribution in [3.8, 4) is 17.5 Å². The van der Waals surface area contributed by atoms with Crippen LogP contribution in [-0.2, 0) is 4.79 Å². The summed E-state index contributed by atoms with van der Waals surface area (Å²) in [5.41, 5.74) is 0. The highest BCUT2D eigenvalue weighted by molar-refractivity contribution is 5.81. The number of para-hydroxylation sites is 1. The zero-order valence-electron chi connectivity index (χ0n) is 14.3. The van der Waals surface area contributed by atoms with E-state index in [1.807, 2.05) is 30.3 Å². The minimum absolute atomic E-state index is 0.0456. The Bertz CT molecular complexity index is 693. The molecule has 0 radical (unpaired) electrons. The molecule has 2 aromatic rings. The number of nitrogens with zero attached hydrogens (tertiary/aromatic N) is 3. The zero-order valence-corrected chi connectivity index (χ0v) is 14.3. The highest BCUT2D eigenvalue weighted by Crippen LogP contribution is 2.19. The number of aromatic nitrogens is 2. The number of ether oxygens (including phenoxy) is 3. The standard InChI is InChI=1S/C18H21N3O4/c1-13(24-14-6-4-3-5-7-14)18(22)21-11-10-15(12-21)25-17-9-8-16(23-2)19-20-17/h3-9,13,15H,10-12H2,1-2H3/t13-,15+/m0/s1. The molecule has 1 aliphatic heterocycles. The van der Waals surface area contributed by atoms with E-state index in [-0.39, 0.29) is 12.0 Å². The highest BCUT2D eigenvalue weighted by Gasteiger charge is 2.31. The molecule has 0 bridgehead atoms. The quantitative estimate of drug-likeness (QED) is 0.798. The molecule has 0 saturated carbocycles. The summed E-state index contributed by atoms with van der Waals surface area (Å²) in [6.45, 7) is 2.91. The van der Waals surface area contributed by atoms with Gasteiger partial charge in [-0.2, -0.15) is 0 Å². The van der Waals surface area contributed by atoms with Crippen LogP contribution in [0.15, 0.2) is 42.5 Å². The van der Waals surface area contributed by atoms with E-state index in [4.69, 9.17) is 14.2 Å². The zero-order chi connectivity index (χ0) is 17.6. The average Bonchev–Trinajstić information content (AvgIpc) is 3.11. The second-order valence-electron chi connectivity index (χ2n) is 5.80. The molecule has 1 aromatic carbocycles. The van der Waals surface area contributed by atoms with Crippen molar-refractivity contribution in [3.05, 3.63) is 42.5 Å². The molecule has 1 aliphatic rings. The Morgan fingerprint density at radius 2 is 1.88 bits per heavy atom. The van der Waals surface area contributed by atoms with Crippen molar-refractivity contribution >= 4 is 5.91 Å². The molecule has 7 heteroatoms. The van der Waals surface area contributed by atoms with Gasteiger partial charge in [-0.1, -0.05) is 18.2 Å². The van der Waals surface area contributed by atoms with Crippen LogP contribution in [0.4, 0.5) is 0 Å². The maximum atomic E-state index is 12.5. The van der Waals surface area contributed by atoms with Gasteiger partial charge in [0.15, 0.2) is 6.10 Å². The van der Waals surface area contributed by atoms with Crippen molar-refractivity contribution < 1.29 is 19.0 Å². The number of amides is 1. The molecule has 7 nitrogen and oxygen atoms in total. The van der Waals surface area contributed by atoms with Crippen LogP contribution in [0.3, 0.4) is 0 Å². The maximum Gasteiger partial charge on any atom is 0.263 e. The Morgan fingerprint density at radius 1 is 1.16 bits per heavy atom. The van der Waals surface area contributed by atoms with Gasteiger partial charge >= 0.3 is 0 Å². The first kappa shape index (κ1) is 17.0. The SMILES string of the molecule is COc1ccc(O[C@@H]2CCN(C(=O)[C@H](C)Oc3ccccc3)C2)nn1. The summed E-state index contributed by atoms with van der Waals surface area (Å²) in [5, 5.41) is 7.82. The fourth-order valence-electron chi connectivity index (χ4n) is 2.69. The molecule has 0 aliphatic carbocycles. The lowest BCUT2D eigenvalue weighted by molar-refractivity contribution is -0.137. The van der Waals surface area contributed by atoms with E-state index >= 15 is 0 Å². The average molecular weight is 343 g/mol. The second kappa shape index (κ2) is 7.83. The summed E-state index contributed by atoms with van der Waals surface area (Å²) in [7, 11) is 1.53. The Hall–Kier alpha value is -2.83. The second-order valence-corrected chi connectivity index (χ2v) is 5.80. The molecule has 2 heterocycles. The molecule has 1 saturated heterocycles. The third-order valence-electron chi connectivity index (χ3n) is 3.97. The smallest absolute Gasteiger partial charge is 0.263 e. The van der Waals surface area contributed by atoms with Crippen molar-refractivity contribution in [2.24, 2.45) is 0 Å². The van der Waals surface area contributed by atoms with E-state index in [0.717, 1.165) is 6.42 Å². The third-order valence-corrected chi connectivity index (χ3v) is 3.97. The lowest BCUT2D eigenvalue weighted by atomic mass is 10.3. The van der Waals surface area contributed by atoms with Gasteiger partial charge in [-0.25, -0.2) is 0 Å². The van der Waals surface area contributed by atoms with E-state index in [9.17, 15) is 4.79 Å². The van der Waals surface area contributed by atoms with E-state index in [1.165, 1.54) is 7.11 Å². The van der Waals surface area contributed by atoms with Gasteiger partial charge in [0.2, 0.25) is 11.8 Å². The van der Waals surface area contributed by atoms with Crippen molar-refractivity contribution in [3.63, 3.8) is 0 Å². The third kappa shape index (κ3) is 4.37. The first-order valence-corrected chi connectivity index (χ1v) is 8.20. The van der Waals surface area contributed by atoms with Gasteiger partial charge in [-0.05, 0) is 19.1 Å². The molecule has 2 atom stereocenters. The summed E-state index contributed by atoms with van der Waals surface area (Å²) >= 11 is 0. The molecule has 0 N–H and O–H groups in total. The van der Waals surface area contributed by atoms with Gasteiger partial charge in [0, 0.05) is 25.1 Å². The van der Waals surface area contributed by atoms with Crippen LogP contribution in [0.2, 0.25) is 0 Å². The van der Waals surface area contributed by atoms with E-state index < -0.39 is 6.10 Å². The van der Waals surface area contributed by atoms with Crippen LogP contribution < -0.4 is 14.2 Å². The first-order chi connectivity index (χ1) is 12.2. The highest BCUT2D eigenvalue weighted by atomic mass is 16.5. The minimum Gasteiger partial charge on any atom is -0.481 e. The lowest BCUT2D eigenvalue weighted by Crippen LogP contribution is -2.40. The number of carbonyl (C=O) groups is 1. The Kier molecular flexibility index (Phi) is 5.33. The van der Waals surface area contributed by atoms with Gasteiger partial charge in [-0.3, -0.25) is 4.79 Å². The van der Waals surface area contributed by atoms with Crippen LogP contribution in [-0.4, -0.2) is 53.4 Å². The van der Waals surface area contributed by atoms with Gasteiger partial charge in [-0.15, -0.1) is 10.2 Å². The number of hydrogen-bond donors (Lipinski definition) is 0. The fraction of sp³-hybridized carbons (Fsp3) is 0.389. The monoisotopic (exact) mass is 343 g/mol. The number of rotatable bonds is 6. The molecule has 1 amide bonds. The van der Waals surface area contributed by atoms with Gasteiger partial charge in [0.25, 0.3) is 5.91 Å². The molecular formula is C18H21N3O4. The van der Waals surface area contributed by atoms with Gasteiger partial charge < -0.3 is 19.1 Å². The van der Waals surface area contributed by atoms with Crippen molar-refractivity contribution in [1.82, 2.24) is 15.1 Å². The number of methoxy groups -OCH3 is 1. The van der Waals surface area contributed by atoms with Gasteiger partial charge in [0.05, 0.1) is 13.7 Å². The van der Waals surface area contributed by atoms with Gasteiger partial charge in [0.1, 0.15) is 11.9 Å². The normalized spacial score (nSPS) is 17.8. The molecular weight excluding hydrogens is 322 g/mol. The predicted octanol–water partition coefficient (Wildman–Crippen LogP) is 1.93. The maximum absolute atomic E-state index is 12.5. The van der Waals surface area contributed by atoms with Crippen molar-refractivity contribution in [2.45, 2.75) is 25.6 Å². The van der Waals surface area contributed by atoms with E-state index in [2.05, 4.69) is 10.2 Å². The largest absolute Gasteiger partial charge is 0.481 e. The molecule has 0 spiro atoms. The number of carbonyl (C=O) groups excluding carboxylic acids is 1. The van der Waals surface area contributed by atoms with E-state index in [0.29, 0.717) is 30.6 Å². The topological polar surface area (TPSA) is 73.8 Å². The summed E-state index contributed by atoms with van der Waals surface area (Å²) in [4.78, 5) is 14.3. The summed E-state index contributed by atoms with van der Waals surface area (Å²) in [6.07, 6.45) is 0.106. The fourth-order valence-corrected chi connectivity index (χ4v) is 2.69. The Balaban J connectivity index is 1.51. The van der Waals surface area contributed by atoms with Crippen LogP contribution in [0.5, 0.6) is 17.5 Å². The summed E-state index contributed by atoms with van der Waals surface area (Å²) in [6, 6.07) is 12.7. The molecule has 25 heavy (non-hydrogen) atoms. The molecule has 1 aromatic heterocycles. The van der Waals surface area contributed by atoms with Crippen LogP contribution in [0, 0.1) is 0 Å². The number of benzene rings is 1. The Labute approximate surface area is 146 Å². The van der Waals surface area contributed by atoms with Crippen LogP contribution in [0.25, 0.3) is 0 Å². The van der Waals surface area contributed by atoms with Crippen LogP contribution in [0.1, 0.15) is 13.3 Å². The number of likely N-dealkylation sites (tertiary alicyclic amines) is 1. The number of hydrogen-bond acceptors (Lipinski definition) is 6. The molecule has 1 fully saturated rings. The minimum atomic E-state index is -0.540. The molecule has 132 valence electrons. The summed E-state index contributed by atoms with van der Waals surface area (Å²) in [5.74, 6) is 1.50. The Morgan fingerprint density at radius 3 is 2.56 bits per heavy atom.